The Balaban J connectivity index is 0. The van der Waals surface area contributed by atoms with E-state index in [-0.39, 0.29) is 105 Å². The van der Waals surface area contributed by atoms with E-state index in [0.717, 1.165) is 11.1 Å². The number of amides is 2. The Hall–Kier alpha value is -1.65. The minimum Gasteiger partial charge on any atom is -1.00 e. The number of nitrogens with zero attached hydrogens (tertiary/aromatic N) is 1. The van der Waals surface area contributed by atoms with Crippen molar-refractivity contribution < 1.29 is 12.4 Å². The number of rotatable bonds is 2. The molecule has 40 heavy (non-hydrogen) atoms. The summed E-state index contributed by atoms with van der Waals surface area (Å²) in [6.07, 6.45) is 0. The Labute approximate surface area is 316 Å². The van der Waals surface area contributed by atoms with Crippen LogP contribution in [0.25, 0.3) is 0 Å². The van der Waals surface area contributed by atoms with Crippen LogP contribution in [-0.4, -0.2) is 108 Å². The summed E-state index contributed by atoms with van der Waals surface area (Å²) in [6.45, 7) is 19.5. The Morgan fingerprint density at radius 1 is 0.675 bits per heavy atom. The van der Waals surface area contributed by atoms with E-state index in [1.54, 1.807) is 12.1 Å². The van der Waals surface area contributed by atoms with Crippen molar-refractivity contribution in [1.82, 2.24) is 4.98 Å². The fourth-order valence-electron chi connectivity index (χ4n) is 3.58. The summed E-state index contributed by atoms with van der Waals surface area (Å²) >= 11 is 0. The second-order valence-electron chi connectivity index (χ2n) is 11.0. The van der Waals surface area contributed by atoms with Gasteiger partial charge in [0, 0.05) is 11.1 Å². The summed E-state index contributed by atoms with van der Waals surface area (Å²) in [5.41, 5.74) is 5.68. The van der Waals surface area contributed by atoms with Gasteiger partial charge in [0.15, 0.2) is 0 Å². The van der Waals surface area contributed by atoms with Crippen molar-refractivity contribution >= 4 is 114 Å². The zero-order chi connectivity index (χ0) is 28.1. The Morgan fingerprint density at radius 2 is 1.05 bits per heavy atom. The molecule has 0 saturated heterocycles. The number of anilines is 2. The van der Waals surface area contributed by atoms with Crippen molar-refractivity contribution in [3.63, 3.8) is 0 Å². The average molecular weight is 681 g/mol. The number of nitrogens with one attached hydrogen (secondary N) is 2. The second-order valence-corrected chi connectivity index (χ2v) is 11.0. The Kier molecular flexibility index (Phi) is 14.1. The topological polar surface area (TPSA) is 71.1 Å². The van der Waals surface area contributed by atoms with Crippen LogP contribution in [-0.2, 0) is 20.4 Å². The Bertz CT molecular complexity index is 1410. The number of aromatic nitrogens is 1. The maximum Gasteiger partial charge on any atom is 2.00 e. The molecule has 0 aliphatic rings. The van der Waals surface area contributed by atoms with E-state index < -0.39 is 11.8 Å². The molecule has 0 aliphatic heterocycles. The van der Waals surface area contributed by atoms with Crippen LogP contribution >= 0.6 is 0 Å². The predicted molar refractivity (Wildman–Crippen MR) is 168 cm³/mol. The maximum absolute atomic E-state index is 11.6. The number of benzene rings is 2. The molecule has 7 heteroatoms. The van der Waals surface area contributed by atoms with Gasteiger partial charge in [-0.2, -0.15) is 0 Å². The minimum atomic E-state index is -0.406. The molecule has 3 rings (SSSR count). The molecule has 0 bridgehead atoms. The van der Waals surface area contributed by atoms with Gasteiger partial charge in [0.2, 0.25) is 0 Å². The van der Waals surface area contributed by atoms with Crippen molar-refractivity contribution in [3.05, 3.63) is 102 Å². The van der Waals surface area contributed by atoms with Gasteiger partial charge in [0.1, 0.15) is 11.4 Å². The largest absolute Gasteiger partial charge is 2.00 e. The normalized spacial score (nSPS) is 10.3. The molecule has 1 aromatic heterocycles. The molecule has 0 aliphatic carbocycles. The van der Waals surface area contributed by atoms with Crippen molar-refractivity contribution in [2.45, 2.75) is 52.4 Å². The van der Waals surface area contributed by atoms with Crippen LogP contribution < -0.4 is 10.6 Å². The first-order chi connectivity index (χ1) is 17.7. The monoisotopic (exact) mass is 681 g/mol. The molecular formula is C33H35N3O2Sr2. The first-order valence-electron chi connectivity index (χ1n) is 12.3. The molecule has 3 aromatic rings. The van der Waals surface area contributed by atoms with Crippen LogP contribution in [0.15, 0.2) is 54.6 Å². The molecule has 0 atom stereocenters. The Morgan fingerprint density at radius 3 is 1.38 bits per heavy atom. The van der Waals surface area contributed by atoms with Gasteiger partial charge in [-0.25, -0.2) is 4.98 Å². The molecule has 0 radical (unpaired) electrons. The summed E-state index contributed by atoms with van der Waals surface area (Å²) in [7, 11) is 0. The number of hydrogen-bond donors (Lipinski definition) is 2. The third kappa shape index (κ3) is 11.0. The van der Waals surface area contributed by atoms with Crippen molar-refractivity contribution in [3.8, 4) is 23.7 Å². The molecule has 5 nitrogen and oxygen atoms in total. The van der Waals surface area contributed by atoms with Gasteiger partial charge in [0.25, 0.3) is 0 Å². The van der Waals surface area contributed by atoms with E-state index in [9.17, 15) is 9.59 Å². The average Bonchev–Trinajstić information content (AvgIpc) is 2.81. The zero-order valence-corrected chi connectivity index (χ0v) is 31.2. The van der Waals surface area contributed by atoms with Gasteiger partial charge in [-0.15, -0.1) is 0 Å². The van der Waals surface area contributed by atoms with Crippen LogP contribution in [0, 0.1) is 37.5 Å². The molecule has 198 valence electrons. The molecule has 2 N–H and O–H groups in total. The van der Waals surface area contributed by atoms with Gasteiger partial charge in [-0.1, -0.05) is 71.6 Å². The fraction of sp³-hybridized carbons (Fsp3) is 0.242. The molecule has 0 saturated carbocycles. The number of carbonyl (C=O) groups excluding carboxylic acids is 2. The smallest absolute Gasteiger partial charge is 1.00 e. The van der Waals surface area contributed by atoms with Gasteiger partial charge in [-0.05, 0) is 70.2 Å². The van der Waals surface area contributed by atoms with Crippen LogP contribution in [0.3, 0.4) is 0 Å². The number of pyridine rings is 1. The quantitative estimate of drug-likeness (QED) is 0.214. The van der Waals surface area contributed by atoms with E-state index in [0.29, 0.717) is 33.9 Å². The first-order valence-corrected chi connectivity index (χ1v) is 12.3. The SMILES string of the molecule is [CH2-]C(=O)Nc1ccc(C(C)(C)C)cc1C#Cc1cccc(C#Cc2cc(C(C)(C)C)ccc2NC([CH2-])=O)n1.[H-].[H-].[Sr+2].[Sr+2]. The van der Waals surface area contributed by atoms with Crippen molar-refractivity contribution in [2.75, 3.05) is 10.6 Å². The van der Waals surface area contributed by atoms with E-state index in [2.05, 4.69) is 94.7 Å². The summed E-state index contributed by atoms with van der Waals surface area (Å²) in [4.78, 5) is 27.8. The maximum atomic E-state index is 11.6. The van der Waals surface area contributed by atoms with E-state index in [1.165, 1.54) is 0 Å². The summed E-state index contributed by atoms with van der Waals surface area (Å²) in [5, 5.41) is 5.48. The number of hydrogen-bond acceptors (Lipinski definition) is 3. The molecule has 0 unspecified atom stereocenters. The van der Waals surface area contributed by atoms with E-state index in [1.807, 2.05) is 42.5 Å². The fourth-order valence-corrected chi connectivity index (χ4v) is 3.58. The molecule has 1 heterocycles. The number of carbonyl (C=O) groups is 2. The van der Waals surface area contributed by atoms with Gasteiger partial charge in [-0.3, -0.25) is 0 Å². The first kappa shape index (κ1) is 36.4. The summed E-state index contributed by atoms with van der Waals surface area (Å²) in [6, 6.07) is 17.0. The van der Waals surface area contributed by atoms with Crippen LogP contribution in [0.1, 0.15) is 78.0 Å². The van der Waals surface area contributed by atoms with Gasteiger partial charge < -0.3 is 36.9 Å². The van der Waals surface area contributed by atoms with Crippen LogP contribution in [0.4, 0.5) is 11.4 Å². The molecule has 2 amide bonds. The molecule has 2 aromatic carbocycles. The molecule has 0 spiro atoms. The van der Waals surface area contributed by atoms with Crippen molar-refractivity contribution in [2.24, 2.45) is 0 Å². The minimum absolute atomic E-state index is 0. The third-order valence-electron chi connectivity index (χ3n) is 5.72. The third-order valence-corrected chi connectivity index (χ3v) is 5.72. The van der Waals surface area contributed by atoms with Gasteiger partial charge >= 0.3 is 91.0 Å². The summed E-state index contributed by atoms with van der Waals surface area (Å²) < 4.78 is 0. The zero-order valence-electron chi connectivity index (χ0n) is 26.3. The summed E-state index contributed by atoms with van der Waals surface area (Å²) in [5.74, 6) is 11.7. The second kappa shape index (κ2) is 15.5. The van der Waals surface area contributed by atoms with Crippen molar-refractivity contribution in [1.29, 1.82) is 0 Å². The predicted octanol–water partition coefficient (Wildman–Crippen LogP) is 5.48. The van der Waals surface area contributed by atoms with Gasteiger partial charge in [0.05, 0.1) is 23.2 Å². The van der Waals surface area contributed by atoms with E-state index in [4.69, 9.17) is 0 Å². The molecule has 0 fully saturated rings. The van der Waals surface area contributed by atoms with Crippen LogP contribution in [0.2, 0.25) is 0 Å². The van der Waals surface area contributed by atoms with Crippen LogP contribution in [0.5, 0.6) is 0 Å². The van der Waals surface area contributed by atoms with E-state index >= 15 is 0 Å². The molecular weight excluding hydrogens is 646 g/mol. The standard InChI is InChI=1S/C33H33N3O2.2Sr.2H/c1-22(37)34-30-18-14-26(32(3,4)5)20-24(30)12-16-28-10-9-11-29(36-28)17-13-25-21-27(33(6,7)8)15-19-31(25)35-23(2)38;;;;/h9-11,14-15,18-21H,1-2H2,3-8H3,(H,34,37)(H,35,38);;;;/q-2;2*+2;2*-1.